The molecule has 3 fully saturated rings. The molecule has 27 heavy (non-hydrogen) atoms. The minimum atomic E-state index is -5.02. The smallest absolute Gasteiger partial charge is 0.432 e. The fraction of sp³-hybridized carbons (Fsp3) is 0.600. The van der Waals surface area contributed by atoms with Crippen molar-refractivity contribution in [1.29, 1.82) is 0 Å². The summed E-state index contributed by atoms with van der Waals surface area (Å²) in [5.74, 6) is -2.13. The maximum atomic E-state index is 14.0. The van der Waals surface area contributed by atoms with Gasteiger partial charge in [0.15, 0.2) is 0 Å². The van der Waals surface area contributed by atoms with Crippen molar-refractivity contribution in [3.63, 3.8) is 0 Å². The third kappa shape index (κ3) is 3.16. The number of carbonyl (C=O) groups is 2. The van der Waals surface area contributed by atoms with Crippen LogP contribution in [0.2, 0.25) is 0 Å². The zero-order valence-corrected chi connectivity index (χ0v) is 15.5. The number of fused-ring (bicyclic) bond motifs is 3. The van der Waals surface area contributed by atoms with Gasteiger partial charge in [-0.3, -0.25) is 4.79 Å². The Morgan fingerprint density at radius 1 is 1.19 bits per heavy atom. The standard InChI is InChI=1S/C20H23F3O4/c1-18(2)11-14-15(24)9-13(18)10-16(14)27-17(25)19(26-3,20(21,22)23)12-7-5-4-6-8-12/h4-8,13-14,16H,9-11H2,1-3H3/t13-,14+,16+,19?/m1/s1. The van der Waals surface area contributed by atoms with Crippen LogP contribution in [0, 0.1) is 17.3 Å². The first-order chi connectivity index (χ1) is 12.5. The minimum absolute atomic E-state index is 0.00708. The fourth-order valence-electron chi connectivity index (χ4n) is 4.44. The van der Waals surface area contributed by atoms with E-state index in [1.54, 1.807) is 6.07 Å². The maximum Gasteiger partial charge on any atom is 0.432 e. The molecule has 4 atom stereocenters. The van der Waals surface area contributed by atoms with Crippen LogP contribution in [-0.4, -0.2) is 31.1 Å². The molecule has 0 saturated heterocycles. The van der Waals surface area contributed by atoms with E-state index < -0.39 is 29.8 Å². The molecule has 0 radical (unpaired) electrons. The molecule has 4 nitrogen and oxygen atoms in total. The van der Waals surface area contributed by atoms with Gasteiger partial charge in [-0.25, -0.2) is 4.79 Å². The Morgan fingerprint density at radius 2 is 1.81 bits per heavy atom. The summed E-state index contributed by atoms with van der Waals surface area (Å²) in [5.41, 5.74) is -3.66. The van der Waals surface area contributed by atoms with Crippen molar-refractivity contribution in [1.82, 2.24) is 0 Å². The molecule has 3 saturated carbocycles. The average Bonchev–Trinajstić information content (AvgIpc) is 2.57. The third-order valence-corrected chi connectivity index (χ3v) is 6.11. The summed E-state index contributed by atoms with van der Waals surface area (Å²) < 4.78 is 52.0. The Balaban J connectivity index is 1.92. The number of hydrogen-bond acceptors (Lipinski definition) is 4. The summed E-state index contributed by atoms with van der Waals surface area (Å²) >= 11 is 0. The average molecular weight is 384 g/mol. The summed E-state index contributed by atoms with van der Waals surface area (Å²) in [7, 11) is 0.836. The number of halogens is 3. The van der Waals surface area contributed by atoms with Crippen LogP contribution in [-0.2, 0) is 24.7 Å². The van der Waals surface area contributed by atoms with Crippen LogP contribution in [0.15, 0.2) is 30.3 Å². The zero-order chi connectivity index (χ0) is 20.0. The van der Waals surface area contributed by atoms with Crippen LogP contribution < -0.4 is 0 Å². The van der Waals surface area contributed by atoms with E-state index in [4.69, 9.17) is 9.47 Å². The topological polar surface area (TPSA) is 52.6 Å². The molecular formula is C20H23F3O4. The van der Waals surface area contributed by atoms with Crippen LogP contribution in [0.25, 0.3) is 0 Å². The van der Waals surface area contributed by atoms with Crippen molar-refractivity contribution >= 4 is 11.8 Å². The van der Waals surface area contributed by atoms with Gasteiger partial charge >= 0.3 is 12.1 Å². The highest BCUT2D eigenvalue weighted by atomic mass is 19.4. The van der Waals surface area contributed by atoms with E-state index in [0.717, 1.165) is 7.11 Å². The van der Waals surface area contributed by atoms with Crippen LogP contribution in [0.4, 0.5) is 13.2 Å². The molecule has 0 aliphatic heterocycles. The number of alkyl halides is 3. The van der Waals surface area contributed by atoms with Crippen molar-refractivity contribution in [2.75, 3.05) is 7.11 Å². The van der Waals surface area contributed by atoms with Crippen molar-refractivity contribution < 1.29 is 32.2 Å². The monoisotopic (exact) mass is 384 g/mol. The lowest BCUT2D eigenvalue weighted by molar-refractivity contribution is -0.280. The van der Waals surface area contributed by atoms with Crippen LogP contribution in [0.3, 0.4) is 0 Å². The lowest BCUT2D eigenvalue weighted by Crippen LogP contribution is -2.56. The molecule has 0 amide bonds. The van der Waals surface area contributed by atoms with Gasteiger partial charge < -0.3 is 9.47 Å². The predicted molar refractivity (Wildman–Crippen MR) is 90.7 cm³/mol. The lowest BCUT2D eigenvalue weighted by Gasteiger charge is -2.50. The molecule has 0 N–H and O–H groups in total. The van der Waals surface area contributed by atoms with Gasteiger partial charge in [0.25, 0.3) is 5.60 Å². The number of benzene rings is 1. The van der Waals surface area contributed by atoms with E-state index in [1.807, 2.05) is 13.8 Å². The second-order valence-corrected chi connectivity index (χ2v) is 8.10. The van der Waals surface area contributed by atoms with E-state index in [-0.39, 0.29) is 22.7 Å². The van der Waals surface area contributed by atoms with Crippen LogP contribution >= 0.6 is 0 Å². The fourth-order valence-corrected chi connectivity index (χ4v) is 4.44. The van der Waals surface area contributed by atoms with Crippen LogP contribution in [0.5, 0.6) is 0 Å². The number of ketones is 1. The summed E-state index contributed by atoms with van der Waals surface area (Å²) in [5, 5.41) is 0. The molecule has 3 aliphatic carbocycles. The number of Topliss-reactive ketones (excluding diaryl/α,β-unsaturated/α-hetero) is 1. The second kappa shape index (κ2) is 6.62. The number of ether oxygens (including phenoxy) is 2. The van der Waals surface area contributed by atoms with Gasteiger partial charge in [-0.1, -0.05) is 44.2 Å². The molecule has 1 unspecified atom stereocenters. The van der Waals surface area contributed by atoms with Gasteiger partial charge in [0.05, 0.1) is 5.92 Å². The Hall–Kier alpha value is -1.89. The van der Waals surface area contributed by atoms with Crippen molar-refractivity contribution in [2.45, 2.75) is 51.0 Å². The molecule has 4 rings (SSSR count). The molecule has 148 valence electrons. The Bertz CT molecular complexity index is 728. The third-order valence-electron chi connectivity index (χ3n) is 6.11. The van der Waals surface area contributed by atoms with E-state index in [0.29, 0.717) is 19.3 Å². The first kappa shape index (κ1) is 19.9. The molecule has 0 spiro atoms. The summed E-state index contributed by atoms with van der Waals surface area (Å²) in [6, 6.07) is 6.71. The number of hydrogen-bond donors (Lipinski definition) is 0. The largest absolute Gasteiger partial charge is 0.459 e. The normalized spacial score (nSPS) is 29.3. The van der Waals surface area contributed by atoms with Crippen molar-refractivity contribution in [3.05, 3.63) is 35.9 Å². The zero-order valence-electron chi connectivity index (χ0n) is 15.5. The Kier molecular flexibility index (Phi) is 4.87. The van der Waals surface area contributed by atoms with E-state index in [1.165, 1.54) is 24.3 Å². The first-order valence-electron chi connectivity index (χ1n) is 8.94. The molecule has 1 aromatic rings. The number of esters is 1. The van der Waals surface area contributed by atoms with Gasteiger partial charge in [-0.2, -0.15) is 13.2 Å². The highest BCUT2D eigenvalue weighted by Gasteiger charge is 2.65. The summed E-state index contributed by atoms with van der Waals surface area (Å²) in [4.78, 5) is 25.1. The number of carbonyl (C=O) groups excluding carboxylic acids is 2. The van der Waals surface area contributed by atoms with Gasteiger partial charge in [0.1, 0.15) is 11.9 Å². The van der Waals surface area contributed by atoms with Crippen LogP contribution in [0.1, 0.15) is 38.7 Å². The quantitative estimate of drug-likeness (QED) is 0.736. The second-order valence-electron chi connectivity index (χ2n) is 8.10. The van der Waals surface area contributed by atoms with E-state index in [9.17, 15) is 22.8 Å². The molecule has 0 aromatic heterocycles. The Labute approximate surface area is 156 Å². The first-order valence-corrected chi connectivity index (χ1v) is 8.94. The van der Waals surface area contributed by atoms with Gasteiger partial charge in [-0.15, -0.1) is 0 Å². The van der Waals surface area contributed by atoms with E-state index in [2.05, 4.69) is 0 Å². The predicted octanol–water partition coefficient (Wildman–Crippen LogP) is 4.03. The summed E-state index contributed by atoms with van der Waals surface area (Å²) in [6.07, 6.45) is -4.58. The highest BCUT2D eigenvalue weighted by Crippen LogP contribution is 2.52. The van der Waals surface area contributed by atoms with E-state index >= 15 is 0 Å². The minimum Gasteiger partial charge on any atom is -0.459 e. The highest BCUT2D eigenvalue weighted by molar-refractivity contribution is 5.86. The number of methoxy groups -OCH3 is 1. The van der Waals surface area contributed by atoms with Gasteiger partial charge in [0.2, 0.25) is 0 Å². The Morgan fingerprint density at radius 3 is 2.33 bits per heavy atom. The molecular weight excluding hydrogens is 361 g/mol. The molecule has 0 heterocycles. The molecule has 1 aromatic carbocycles. The number of rotatable bonds is 4. The van der Waals surface area contributed by atoms with Gasteiger partial charge in [0, 0.05) is 19.1 Å². The van der Waals surface area contributed by atoms with Crippen molar-refractivity contribution in [3.8, 4) is 0 Å². The summed E-state index contributed by atoms with van der Waals surface area (Å²) in [6.45, 7) is 4.07. The van der Waals surface area contributed by atoms with Gasteiger partial charge in [-0.05, 0) is 24.2 Å². The molecule has 3 aliphatic rings. The molecule has 2 bridgehead atoms. The van der Waals surface area contributed by atoms with Crippen molar-refractivity contribution in [2.24, 2.45) is 17.3 Å². The SMILES string of the molecule is COC(C(=O)O[C@H]1C[C@H]2CC(=O)[C@@H]1CC2(C)C)(c1ccccc1)C(F)(F)F. The maximum absolute atomic E-state index is 14.0. The molecule has 7 heteroatoms. The lowest BCUT2D eigenvalue weighted by atomic mass is 9.56.